The van der Waals surface area contributed by atoms with Crippen molar-refractivity contribution in [3.63, 3.8) is 0 Å². The molecule has 17 heavy (non-hydrogen) atoms. The van der Waals surface area contributed by atoms with Crippen LogP contribution in [0.2, 0.25) is 0 Å². The number of benzene rings is 1. The van der Waals surface area contributed by atoms with Crippen molar-refractivity contribution in [3.05, 3.63) is 35.6 Å². The number of guanidine groups is 1. The van der Waals surface area contributed by atoms with Crippen LogP contribution in [0.1, 0.15) is 25.8 Å². The van der Waals surface area contributed by atoms with Gasteiger partial charge in [0.15, 0.2) is 5.96 Å². The summed E-state index contributed by atoms with van der Waals surface area (Å²) in [6.07, 6.45) is 1.01. The lowest BCUT2D eigenvalue weighted by Crippen LogP contribution is -2.47. The van der Waals surface area contributed by atoms with E-state index in [4.69, 9.17) is 5.73 Å². The van der Waals surface area contributed by atoms with Crippen molar-refractivity contribution in [2.75, 3.05) is 13.1 Å². The number of hydrogen-bond acceptors (Lipinski definition) is 3. The van der Waals surface area contributed by atoms with E-state index in [1.54, 1.807) is 0 Å². The van der Waals surface area contributed by atoms with E-state index in [1.165, 1.54) is 12.1 Å². The van der Waals surface area contributed by atoms with Crippen LogP contribution < -0.4 is 5.73 Å². The molecule has 4 heteroatoms. The number of hydrogen-bond donors (Lipinski definition) is 1. The maximum atomic E-state index is 13.0. The molecule has 0 fully saturated rings. The monoisotopic (exact) mass is 235 g/mol. The van der Waals surface area contributed by atoms with E-state index in [-0.39, 0.29) is 11.4 Å². The highest BCUT2D eigenvalue weighted by atomic mass is 19.1. The summed E-state index contributed by atoms with van der Waals surface area (Å²) in [5, 5.41) is 0. The average molecular weight is 235 g/mol. The molecular formula is C13H18FN3. The zero-order valence-electron chi connectivity index (χ0n) is 10.3. The Balaban J connectivity index is 2.32. The van der Waals surface area contributed by atoms with Crippen molar-refractivity contribution in [3.8, 4) is 0 Å². The lowest BCUT2D eigenvalue weighted by molar-refractivity contribution is 0.225. The molecule has 1 aliphatic heterocycles. The molecule has 0 saturated carbocycles. The van der Waals surface area contributed by atoms with Crippen LogP contribution >= 0.6 is 0 Å². The highest BCUT2D eigenvalue weighted by Crippen LogP contribution is 2.32. The quantitative estimate of drug-likeness (QED) is 0.871. The molecule has 0 radical (unpaired) electrons. The first-order chi connectivity index (χ1) is 8.08. The molecular weight excluding hydrogens is 217 g/mol. The van der Waals surface area contributed by atoms with Crippen LogP contribution in [0.25, 0.3) is 0 Å². The lowest BCUT2D eigenvalue weighted by Gasteiger charge is -2.36. The smallest absolute Gasteiger partial charge is 0.192 e. The van der Waals surface area contributed by atoms with Gasteiger partial charge in [-0.1, -0.05) is 19.1 Å². The van der Waals surface area contributed by atoms with Gasteiger partial charge in [-0.25, -0.2) is 4.39 Å². The van der Waals surface area contributed by atoms with E-state index < -0.39 is 0 Å². The summed E-state index contributed by atoms with van der Waals surface area (Å²) in [4.78, 5) is 6.41. The molecule has 1 heterocycles. The summed E-state index contributed by atoms with van der Waals surface area (Å²) in [5.74, 6) is 0.366. The Morgan fingerprint density at radius 1 is 1.41 bits per heavy atom. The van der Waals surface area contributed by atoms with Gasteiger partial charge in [0.2, 0.25) is 0 Å². The first kappa shape index (κ1) is 11.9. The Hall–Kier alpha value is -1.58. The third kappa shape index (κ3) is 1.99. The average Bonchev–Trinajstić information content (AvgIpc) is 2.60. The van der Waals surface area contributed by atoms with Gasteiger partial charge in [0.25, 0.3) is 0 Å². The topological polar surface area (TPSA) is 41.6 Å². The van der Waals surface area contributed by atoms with E-state index in [2.05, 4.69) is 23.7 Å². The molecule has 0 bridgehead atoms. The fraction of sp³-hybridized carbons (Fsp3) is 0.462. The standard InChI is InChI=1S/C13H18FN3/c1-3-8-17-12(15)16-9-13(17,2)10-4-6-11(14)7-5-10/h4-7H,3,8-9H2,1-2H3,(H2,15,16). The van der Waals surface area contributed by atoms with Crippen LogP contribution in [-0.4, -0.2) is 23.9 Å². The highest BCUT2D eigenvalue weighted by molar-refractivity contribution is 5.81. The van der Waals surface area contributed by atoms with Crippen molar-refractivity contribution >= 4 is 5.96 Å². The first-order valence-corrected chi connectivity index (χ1v) is 5.91. The molecule has 1 atom stereocenters. The third-order valence-corrected chi connectivity index (χ3v) is 3.33. The SMILES string of the molecule is CCCN1C(N)=NCC1(C)c1ccc(F)cc1. The summed E-state index contributed by atoms with van der Waals surface area (Å²) in [6, 6.07) is 6.59. The molecule has 2 rings (SSSR count). The van der Waals surface area contributed by atoms with E-state index in [1.807, 2.05) is 12.1 Å². The normalized spacial score (nSPS) is 23.9. The lowest BCUT2D eigenvalue weighted by atomic mass is 9.91. The van der Waals surface area contributed by atoms with Crippen molar-refractivity contribution < 1.29 is 4.39 Å². The molecule has 92 valence electrons. The Labute approximate surface area is 101 Å². The Bertz CT molecular complexity index is 427. The van der Waals surface area contributed by atoms with Crippen LogP contribution in [0.5, 0.6) is 0 Å². The molecule has 0 amide bonds. The van der Waals surface area contributed by atoms with Crippen molar-refractivity contribution in [2.45, 2.75) is 25.8 Å². The molecule has 3 nitrogen and oxygen atoms in total. The fourth-order valence-electron chi connectivity index (χ4n) is 2.30. The minimum Gasteiger partial charge on any atom is -0.370 e. The van der Waals surface area contributed by atoms with E-state index in [9.17, 15) is 4.39 Å². The highest BCUT2D eigenvalue weighted by Gasteiger charge is 2.38. The summed E-state index contributed by atoms with van der Waals surface area (Å²) in [5.41, 5.74) is 6.72. The van der Waals surface area contributed by atoms with Crippen LogP contribution in [-0.2, 0) is 5.54 Å². The van der Waals surface area contributed by atoms with Gasteiger partial charge in [0.1, 0.15) is 5.82 Å². The maximum absolute atomic E-state index is 13.0. The van der Waals surface area contributed by atoms with Gasteiger partial charge in [0.05, 0.1) is 12.1 Å². The van der Waals surface area contributed by atoms with Gasteiger partial charge < -0.3 is 10.6 Å². The van der Waals surface area contributed by atoms with Crippen molar-refractivity contribution in [1.82, 2.24) is 4.90 Å². The number of rotatable bonds is 3. The van der Waals surface area contributed by atoms with Crippen LogP contribution in [0.15, 0.2) is 29.3 Å². The molecule has 0 saturated heterocycles. The second kappa shape index (κ2) is 4.35. The molecule has 1 aliphatic rings. The van der Waals surface area contributed by atoms with Gasteiger partial charge >= 0.3 is 0 Å². The van der Waals surface area contributed by atoms with Crippen LogP contribution in [0, 0.1) is 5.82 Å². The fourth-order valence-corrected chi connectivity index (χ4v) is 2.30. The largest absolute Gasteiger partial charge is 0.370 e. The van der Waals surface area contributed by atoms with E-state index in [0.717, 1.165) is 18.5 Å². The van der Waals surface area contributed by atoms with E-state index >= 15 is 0 Å². The van der Waals surface area contributed by atoms with Crippen molar-refractivity contribution in [1.29, 1.82) is 0 Å². The molecule has 1 aromatic carbocycles. The van der Waals surface area contributed by atoms with Crippen LogP contribution in [0.4, 0.5) is 4.39 Å². The summed E-state index contributed by atoms with van der Waals surface area (Å²) in [7, 11) is 0. The molecule has 2 N–H and O–H groups in total. The van der Waals surface area contributed by atoms with Gasteiger partial charge in [0, 0.05) is 6.54 Å². The summed E-state index contributed by atoms with van der Waals surface area (Å²) < 4.78 is 13.0. The van der Waals surface area contributed by atoms with E-state index in [0.29, 0.717) is 12.5 Å². The zero-order chi connectivity index (χ0) is 12.5. The Morgan fingerprint density at radius 3 is 2.65 bits per heavy atom. The number of aliphatic imine (C=N–C) groups is 1. The van der Waals surface area contributed by atoms with Crippen LogP contribution in [0.3, 0.4) is 0 Å². The number of nitrogens with two attached hydrogens (primary N) is 1. The summed E-state index contributed by atoms with van der Waals surface area (Å²) in [6.45, 7) is 5.70. The zero-order valence-corrected chi connectivity index (χ0v) is 10.3. The summed E-state index contributed by atoms with van der Waals surface area (Å²) >= 11 is 0. The minimum absolute atomic E-state index is 0.216. The Kier molecular flexibility index (Phi) is 3.05. The number of halogens is 1. The maximum Gasteiger partial charge on any atom is 0.192 e. The second-order valence-corrected chi connectivity index (χ2v) is 4.61. The predicted molar refractivity (Wildman–Crippen MR) is 67.2 cm³/mol. The third-order valence-electron chi connectivity index (χ3n) is 3.33. The van der Waals surface area contributed by atoms with Gasteiger partial charge in [-0.3, -0.25) is 4.99 Å². The first-order valence-electron chi connectivity index (χ1n) is 5.91. The van der Waals surface area contributed by atoms with Gasteiger partial charge in [-0.05, 0) is 31.0 Å². The molecule has 0 spiro atoms. The van der Waals surface area contributed by atoms with Gasteiger partial charge in [-0.2, -0.15) is 0 Å². The molecule has 1 aromatic rings. The predicted octanol–water partition coefficient (Wildman–Crippen LogP) is 2.08. The minimum atomic E-state index is -0.242. The Morgan fingerprint density at radius 2 is 2.06 bits per heavy atom. The second-order valence-electron chi connectivity index (χ2n) is 4.61. The van der Waals surface area contributed by atoms with Crippen molar-refractivity contribution in [2.24, 2.45) is 10.7 Å². The molecule has 0 aliphatic carbocycles. The van der Waals surface area contributed by atoms with Gasteiger partial charge in [-0.15, -0.1) is 0 Å². The number of nitrogens with zero attached hydrogens (tertiary/aromatic N) is 2. The molecule has 0 aromatic heterocycles. The molecule has 1 unspecified atom stereocenters.